The molecule has 2 aliphatic rings. The smallest absolute Gasteiger partial charge is 0.0644 e. The van der Waals surface area contributed by atoms with Gasteiger partial charge in [0.05, 0.1) is 48.1 Å². The maximum atomic E-state index is 2.30. The van der Waals surface area contributed by atoms with E-state index in [1.807, 2.05) is 22.7 Å². The summed E-state index contributed by atoms with van der Waals surface area (Å²) in [5, 5.41) is 1.25. The maximum absolute atomic E-state index is 2.30. The number of fused-ring (bicyclic) bond motifs is 13. The summed E-state index contributed by atoms with van der Waals surface area (Å²) in [7, 11) is 0. The van der Waals surface area contributed by atoms with Gasteiger partial charge >= 0.3 is 0 Å². The lowest BCUT2D eigenvalue weighted by Gasteiger charge is -2.07. The Hall–Kier alpha value is -0.0600. The average molecular weight is 535 g/mol. The van der Waals surface area contributed by atoms with E-state index in [2.05, 4.69) is 96.6 Å². The Kier molecular flexibility index (Phi) is 3.61. The summed E-state index contributed by atoms with van der Waals surface area (Å²) in [6, 6.07) is 0. The Balaban J connectivity index is 1.31. The van der Waals surface area contributed by atoms with Crippen molar-refractivity contribution in [2.24, 2.45) is 0 Å². The van der Waals surface area contributed by atoms with Crippen molar-refractivity contribution in [1.82, 2.24) is 0 Å². The standard InChI is InChI=1S/C22H14S8/c1-5-7(3)23-11-9(5)25-15-13(11)27-19-17(15)29-22-20-18(30-21(19)22)16-14(28-20)12-10(26-16)6(2)8(4)24-12/h21-22H,1-4H3. The number of hydrogen-bond acceptors (Lipinski definition) is 8. The molecule has 0 nitrogen and oxygen atoms in total. The largest absolute Gasteiger partial charge is 0.138 e. The van der Waals surface area contributed by atoms with Crippen LogP contribution in [0.15, 0.2) is 9.79 Å². The highest BCUT2D eigenvalue weighted by molar-refractivity contribution is 8.06. The van der Waals surface area contributed by atoms with Gasteiger partial charge in [-0.1, -0.05) is 0 Å². The lowest BCUT2D eigenvalue weighted by atomic mass is 10.2. The summed E-state index contributed by atoms with van der Waals surface area (Å²) in [6.07, 6.45) is 0. The number of thiophene rings is 6. The molecule has 0 fully saturated rings. The van der Waals surface area contributed by atoms with Crippen molar-refractivity contribution >= 4 is 129 Å². The molecule has 150 valence electrons. The third-order valence-electron chi connectivity index (χ3n) is 6.46. The summed E-state index contributed by atoms with van der Waals surface area (Å²) >= 11 is 16.7. The number of aryl methyl sites for hydroxylation is 4. The quantitative estimate of drug-likeness (QED) is 0.190. The van der Waals surface area contributed by atoms with Crippen LogP contribution in [0, 0.1) is 27.7 Å². The fourth-order valence-electron chi connectivity index (χ4n) is 4.64. The average Bonchev–Trinajstić information content (AvgIpc) is 3.52. The minimum absolute atomic E-state index is 0.625. The molecule has 30 heavy (non-hydrogen) atoms. The first-order valence-corrected chi connectivity index (χ1v) is 16.4. The number of hydrogen-bond donors (Lipinski definition) is 0. The van der Waals surface area contributed by atoms with Gasteiger partial charge in [0.1, 0.15) is 0 Å². The van der Waals surface area contributed by atoms with Gasteiger partial charge in [-0.05, 0) is 38.8 Å². The molecule has 0 amide bonds. The number of rotatable bonds is 0. The Morgan fingerprint density at radius 1 is 0.433 bits per heavy atom. The summed E-state index contributed by atoms with van der Waals surface area (Å²) in [6.45, 7) is 9.14. The van der Waals surface area contributed by atoms with Crippen LogP contribution in [-0.4, -0.2) is 0 Å². The molecule has 0 aliphatic carbocycles. The van der Waals surface area contributed by atoms with E-state index in [-0.39, 0.29) is 0 Å². The molecule has 8 heterocycles. The first-order valence-electron chi connectivity index (χ1n) is 9.74. The van der Waals surface area contributed by atoms with E-state index >= 15 is 0 Å². The third kappa shape index (κ3) is 2.03. The highest BCUT2D eigenvalue weighted by atomic mass is 32.2. The second kappa shape index (κ2) is 5.89. The Labute approximate surface area is 205 Å². The van der Waals surface area contributed by atoms with E-state index in [0.29, 0.717) is 10.5 Å². The van der Waals surface area contributed by atoms with Crippen LogP contribution in [0.2, 0.25) is 0 Å². The van der Waals surface area contributed by atoms with E-state index in [1.54, 1.807) is 47.7 Å². The third-order valence-corrected chi connectivity index (χ3v) is 18.7. The summed E-state index contributed by atoms with van der Waals surface area (Å²) in [4.78, 5) is 9.50. The summed E-state index contributed by atoms with van der Waals surface area (Å²) in [5.41, 5.74) is 3.00. The molecule has 2 atom stereocenters. The van der Waals surface area contributed by atoms with Crippen molar-refractivity contribution < 1.29 is 0 Å². The van der Waals surface area contributed by atoms with Crippen molar-refractivity contribution in [2.45, 2.75) is 48.0 Å². The van der Waals surface area contributed by atoms with Crippen molar-refractivity contribution in [3.05, 3.63) is 30.6 Å². The molecule has 0 saturated carbocycles. The molecule has 0 radical (unpaired) electrons. The first kappa shape index (κ1) is 18.4. The van der Waals surface area contributed by atoms with Gasteiger partial charge < -0.3 is 0 Å². The zero-order valence-corrected chi connectivity index (χ0v) is 23.0. The van der Waals surface area contributed by atoms with E-state index in [1.165, 1.54) is 30.3 Å². The molecular formula is C22H14S8. The van der Waals surface area contributed by atoms with Crippen LogP contribution in [0.25, 0.3) is 37.6 Å². The van der Waals surface area contributed by atoms with Crippen LogP contribution in [0.3, 0.4) is 0 Å². The minimum Gasteiger partial charge on any atom is -0.138 e. The van der Waals surface area contributed by atoms with Crippen molar-refractivity contribution in [1.29, 1.82) is 0 Å². The van der Waals surface area contributed by atoms with Crippen LogP contribution >= 0.6 is 91.5 Å². The molecule has 2 aliphatic heterocycles. The molecule has 0 saturated heterocycles. The zero-order valence-electron chi connectivity index (χ0n) is 16.4. The Morgan fingerprint density at radius 2 is 0.833 bits per heavy atom. The molecule has 8 rings (SSSR count). The molecule has 0 spiro atoms. The van der Waals surface area contributed by atoms with Crippen molar-refractivity contribution in [2.75, 3.05) is 0 Å². The van der Waals surface area contributed by atoms with Crippen LogP contribution < -0.4 is 0 Å². The van der Waals surface area contributed by atoms with E-state index in [0.717, 1.165) is 0 Å². The molecular weight excluding hydrogens is 521 g/mol. The Bertz CT molecular complexity index is 1580. The Morgan fingerprint density at radius 3 is 1.27 bits per heavy atom. The molecule has 8 heteroatoms. The highest BCUT2D eigenvalue weighted by Gasteiger charge is 2.46. The molecule has 0 bridgehead atoms. The normalized spacial score (nSPS) is 20.4. The molecule has 2 unspecified atom stereocenters. The predicted octanol–water partition coefficient (Wildman–Crippen LogP) is 10.9. The van der Waals surface area contributed by atoms with Gasteiger partial charge in [-0.25, -0.2) is 0 Å². The summed E-state index contributed by atoms with van der Waals surface area (Å²) in [5.74, 6) is 0. The van der Waals surface area contributed by atoms with Gasteiger partial charge in [0.15, 0.2) is 0 Å². The van der Waals surface area contributed by atoms with Gasteiger partial charge in [0, 0.05) is 29.3 Å². The fourth-order valence-corrected chi connectivity index (χ4v) is 17.8. The van der Waals surface area contributed by atoms with Gasteiger partial charge in [0.25, 0.3) is 0 Å². The van der Waals surface area contributed by atoms with E-state index in [9.17, 15) is 0 Å². The predicted molar refractivity (Wildman–Crippen MR) is 146 cm³/mol. The van der Waals surface area contributed by atoms with Gasteiger partial charge in [-0.15, -0.1) is 91.5 Å². The number of thioether (sulfide) groups is 2. The van der Waals surface area contributed by atoms with Gasteiger partial charge in [0.2, 0.25) is 0 Å². The molecule has 6 aromatic heterocycles. The lowest BCUT2D eigenvalue weighted by Crippen LogP contribution is -1.87. The SMILES string of the molecule is Cc1sc2c(sc3c4c(sc32)C2Sc3c(sc5c3sc3c(C)c(C)sc35)C2S4)c1C. The fraction of sp³-hybridized carbons (Fsp3) is 0.273. The zero-order chi connectivity index (χ0) is 20.0. The van der Waals surface area contributed by atoms with Crippen LogP contribution in [0.1, 0.15) is 41.1 Å². The van der Waals surface area contributed by atoms with E-state index in [4.69, 9.17) is 0 Å². The highest BCUT2D eigenvalue weighted by Crippen LogP contribution is 2.73. The molecule has 0 aromatic carbocycles. The maximum Gasteiger partial charge on any atom is 0.0644 e. The second-order valence-corrected chi connectivity index (χ2v) is 17.0. The first-order chi connectivity index (χ1) is 14.5. The van der Waals surface area contributed by atoms with Crippen molar-refractivity contribution in [3.8, 4) is 0 Å². The molecule has 6 aromatic rings. The van der Waals surface area contributed by atoms with Gasteiger partial charge in [-0.2, -0.15) is 0 Å². The van der Waals surface area contributed by atoms with Crippen LogP contribution in [-0.2, 0) is 0 Å². The van der Waals surface area contributed by atoms with Crippen LogP contribution in [0.4, 0.5) is 0 Å². The van der Waals surface area contributed by atoms with Gasteiger partial charge in [-0.3, -0.25) is 0 Å². The minimum atomic E-state index is 0.625. The van der Waals surface area contributed by atoms with E-state index < -0.39 is 0 Å². The monoisotopic (exact) mass is 534 g/mol. The summed E-state index contributed by atoms with van der Waals surface area (Å²) < 4.78 is 12.5. The topological polar surface area (TPSA) is 0 Å². The van der Waals surface area contributed by atoms with Crippen molar-refractivity contribution in [3.63, 3.8) is 0 Å². The lowest BCUT2D eigenvalue weighted by molar-refractivity contribution is 0.983. The van der Waals surface area contributed by atoms with Crippen LogP contribution in [0.5, 0.6) is 0 Å². The molecule has 0 N–H and O–H groups in total. The second-order valence-electron chi connectivity index (χ2n) is 8.07.